The van der Waals surface area contributed by atoms with Crippen LogP contribution in [0.3, 0.4) is 0 Å². The first-order valence-electron chi connectivity index (χ1n) is 7.62. The summed E-state index contributed by atoms with van der Waals surface area (Å²) in [6.45, 7) is 5.75. The third-order valence-electron chi connectivity index (χ3n) is 3.38. The predicted octanol–water partition coefficient (Wildman–Crippen LogP) is 1.90. The lowest BCUT2D eigenvalue weighted by Crippen LogP contribution is -2.40. The molecule has 0 aliphatic carbocycles. The van der Waals surface area contributed by atoms with E-state index in [1.54, 1.807) is 6.92 Å². The predicted molar refractivity (Wildman–Crippen MR) is 102 cm³/mol. The molecule has 1 heterocycles. The van der Waals surface area contributed by atoms with E-state index in [-0.39, 0.29) is 42.7 Å². The van der Waals surface area contributed by atoms with Gasteiger partial charge in [0.1, 0.15) is 0 Å². The molecular formula is C16H24IN3O4. The minimum atomic E-state index is -0.246. The monoisotopic (exact) mass is 449 g/mol. The zero-order valence-electron chi connectivity index (χ0n) is 14.1. The molecule has 0 spiro atoms. The number of halogens is 1. The van der Waals surface area contributed by atoms with Crippen molar-refractivity contribution >= 4 is 35.9 Å². The Bertz CT molecular complexity index is 580. The second kappa shape index (κ2) is 10.2. The molecule has 1 unspecified atom stereocenters. The van der Waals surface area contributed by atoms with E-state index >= 15 is 0 Å². The molecule has 24 heavy (non-hydrogen) atoms. The van der Waals surface area contributed by atoms with Gasteiger partial charge in [-0.2, -0.15) is 0 Å². The van der Waals surface area contributed by atoms with E-state index in [0.29, 0.717) is 19.0 Å². The molecule has 1 aromatic carbocycles. The van der Waals surface area contributed by atoms with Crippen molar-refractivity contribution in [2.24, 2.45) is 10.9 Å². The number of benzene rings is 1. The largest absolute Gasteiger partial charge is 0.469 e. The fraction of sp³-hybridized carbons (Fsp3) is 0.500. The van der Waals surface area contributed by atoms with Crippen LogP contribution in [0.4, 0.5) is 0 Å². The Kier molecular flexibility index (Phi) is 8.66. The van der Waals surface area contributed by atoms with Crippen molar-refractivity contribution in [1.82, 2.24) is 10.6 Å². The summed E-state index contributed by atoms with van der Waals surface area (Å²) in [5.41, 5.74) is 1.02. The molecule has 1 aromatic rings. The lowest BCUT2D eigenvalue weighted by atomic mass is 10.2. The number of fused-ring (bicyclic) bond motifs is 1. The van der Waals surface area contributed by atoms with Gasteiger partial charge in [-0.15, -0.1) is 24.0 Å². The van der Waals surface area contributed by atoms with Crippen LogP contribution >= 0.6 is 24.0 Å². The lowest BCUT2D eigenvalue weighted by Gasteiger charge is -2.14. The van der Waals surface area contributed by atoms with E-state index in [0.717, 1.165) is 23.6 Å². The van der Waals surface area contributed by atoms with Crippen molar-refractivity contribution in [3.05, 3.63) is 23.8 Å². The zero-order valence-corrected chi connectivity index (χ0v) is 16.5. The number of aliphatic imine (C=N–C) groups is 1. The molecule has 0 saturated heterocycles. The molecule has 0 radical (unpaired) electrons. The van der Waals surface area contributed by atoms with Crippen LogP contribution in [0.2, 0.25) is 0 Å². The van der Waals surface area contributed by atoms with Crippen molar-refractivity contribution in [2.45, 2.75) is 20.4 Å². The first kappa shape index (κ1) is 20.3. The van der Waals surface area contributed by atoms with Gasteiger partial charge in [0.2, 0.25) is 6.79 Å². The molecule has 1 atom stereocenters. The smallest absolute Gasteiger partial charge is 0.310 e. The van der Waals surface area contributed by atoms with Gasteiger partial charge in [-0.05, 0) is 24.6 Å². The summed E-state index contributed by atoms with van der Waals surface area (Å²) in [7, 11) is 1.39. The maximum absolute atomic E-state index is 11.4. The Morgan fingerprint density at radius 1 is 1.33 bits per heavy atom. The highest BCUT2D eigenvalue weighted by atomic mass is 127. The first-order chi connectivity index (χ1) is 11.1. The second-order valence-corrected chi connectivity index (χ2v) is 5.19. The maximum Gasteiger partial charge on any atom is 0.310 e. The summed E-state index contributed by atoms with van der Waals surface area (Å²) in [4.78, 5) is 15.9. The van der Waals surface area contributed by atoms with Gasteiger partial charge in [-0.1, -0.05) is 13.0 Å². The first-order valence-corrected chi connectivity index (χ1v) is 7.62. The summed E-state index contributed by atoms with van der Waals surface area (Å²) < 4.78 is 15.4. The standard InChI is InChI=1S/C16H23N3O4.HI/c1-4-17-16(18-8-11(2)15(20)21-3)19-9-12-5-6-13-14(7-12)23-10-22-13;/h5-7,11H,4,8-10H2,1-3H3,(H2,17,18,19);1H. The molecule has 2 rings (SSSR count). The van der Waals surface area contributed by atoms with Crippen LogP contribution < -0.4 is 20.1 Å². The van der Waals surface area contributed by atoms with E-state index in [1.165, 1.54) is 7.11 Å². The van der Waals surface area contributed by atoms with Gasteiger partial charge >= 0.3 is 5.97 Å². The average Bonchev–Trinajstić information content (AvgIpc) is 3.03. The van der Waals surface area contributed by atoms with E-state index in [4.69, 9.17) is 14.2 Å². The van der Waals surface area contributed by atoms with Crippen molar-refractivity contribution in [3.63, 3.8) is 0 Å². The Hall–Kier alpha value is -1.71. The topological polar surface area (TPSA) is 81.2 Å². The lowest BCUT2D eigenvalue weighted by molar-refractivity contribution is -0.144. The number of hydrogen-bond donors (Lipinski definition) is 2. The van der Waals surface area contributed by atoms with Gasteiger partial charge < -0.3 is 24.8 Å². The molecule has 0 amide bonds. The number of rotatable bonds is 6. The van der Waals surface area contributed by atoms with Crippen LogP contribution in [0.5, 0.6) is 11.5 Å². The summed E-state index contributed by atoms with van der Waals surface area (Å²) in [5, 5.41) is 6.29. The highest BCUT2D eigenvalue weighted by Crippen LogP contribution is 2.32. The number of ether oxygens (including phenoxy) is 3. The quantitative estimate of drug-likeness (QED) is 0.299. The normalized spacial score (nSPS) is 13.7. The average molecular weight is 449 g/mol. The number of nitrogens with zero attached hydrogens (tertiary/aromatic N) is 1. The van der Waals surface area contributed by atoms with Crippen LogP contribution in [0.1, 0.15) is 19.4 Å². The van der Waals surface area contributed by atoms with Gasteiger partial charge in [0, 0.05) is 13.1 Å². The van der Waals surface area contributed by atoms with Crippen molar-refractivity contribution in [1.29, 1.82) is 0 Å². The minimum absolute atomic E-state index is 0. The van der Waals surface area contributed by atoms with E-state index in [1.807, 2.05) is 25.1 Å². The van der Waals surface area contributed by atoms with E-state index in [2.05, 4.69) is 15.6 Å². The number of guanidine groups is 1. The van der Waals surface area contributed by atoms with Crippen LogP contribution in [-0.2, 0) is 16.1 Å². The molecule has 7 nitrogen and oxygen atoms in total. The number of carbonyl (C=O) groups excluding carboxylic acids is 1. The number of nitrogens with one attached hydrogen (secondary N) is 2. The van der Waals surface area contributed by atoms with Crippen LogP contribution in [-0.4, -0.2) is 38.9 Å². The SMILES string of the molecule is CCNC(=NCc1ccc2c(c1)OCO2)NCC(C)C(=O)OC.I. The van der Waals surface area contributed by atoms with Crippen molar-refractivity contribution in [3.8, 4) is 11.5 Å². The number of carbonyl (C=O) groups is 1. The highest BCUT2D eigenvalue weighted by molar-refractivity contribution is 14.0. The highest BCUT2D eigenvalue weighted by Gasteiger charge is 2.14. The molecule has 0 aromatic heterocycles. The summed E-state index contributed by atoms with van der Waals surface area (Å²) in [5.74, 6) is 1.67. The Labute approximate surface area is 159 Å². The molecule has 0 bridgehead atoms. The molecule has 1 aliphatic heterocycles. The third-order valence-corrected chi connectivity index (χ3v) is 3.38. The Balaban J connectivity index is 0.00000288. The van der Waals surface area contributed by atoms with E-state index < -0.39 is 0 Å². The van der Waals surface area contributed by atoms with Gasteiger partial charge in [0.05, 0.1) is 19.6 Å². The summed E-state index contributed by atoms with van der Waals surface area (Å²) >= 11 is 0. The minimum Gasteiger partial charge on any atom is -0.469 e. The van der Waals surface area contributed by atoms with Gasteiger partial charge in [0.15, 0.2) is 17.5 Å². The zero-order chi connectivity index (χ0) is 16.7. The van der Waals surface area contributed by atoms with Crippen molar-refractivity contribution in [2.75, 3.05) is 27.0 Å². The van der Waals surface area contributed by atoms with Gasteiger partial charge in [-0.3, -0.25) is 4.79 Å². The second-order valence-electron chi connectivity index (χ2n) is 5.19. The molecule has 0 fully saturated rings. The van der Waals surface area contributed by atoms with Crippen LogP contribution in [0.15, 0.2) is 23.2 Å². The summed E-state index contributed by atoms with van der Waals surface area (Å²) in [6, 6.07) is 5.76. The molecule has 134 valence electrons. The molecule has 8 heteroatoms. The Morgan fingerprint density at radius 3 is 2.79 bits per heavy atom. The fourth-order valence-corrected chi connectivity index (χ4v) is 2.09. The maximum atomic E-state index is 11.4. The summed E-state index contributed by atoms with van der Waals surface area (Å²) in [6.07, 6.45) is 0. The molecular weight excluding hydrogens is 425 g/mol. The third kappa shape index (κ3) is 5.73. The number of esters is 1. The van der Waals surface area contributed by atoms with Crippen LogP contribution in [0, 0.1) is 5.92 Å². The Morgan fingerprint density at radius 2 is 2.08 bits per heavy atom. The molecule has 2 N–H and O–H groups in total. The number of hydrogen-bond acceptors (Lipinski definition) is 5. The van der Waals surface area contributed by atoms with Gasteiger partial charge in [-0.25, -0.2) is 4.99 Å². The fourth-order valence-electron chi connectivity index (χ4n) is 2.09. The number of methoxy groups -OCH3 is 1. The van der Waals surface area contributed by atoms with Crippen molar-refractivity contribution < 1.29 is 19.0 Å². The van der Waals surface area contributed by atoms with Gasteiger partial charge in [0.25, 0.3) is 0 Å². The van der Waals surface area contributed by atoms with Crippen LogP contribution in [0.25, 0.3) is 0 Å². The molecule has 1 aliphatic rings. The van der Waals surface area contributed by atoms with E-state index in [9.17, 15) is 4.79 Å². The molecule has 0 saturated carbocycles.